The van der Waals surface area contributed by atoms with Crippen LogP contribution in [0.25, 0.3) is 0 Å². The number of rotatable bonds is 10. The van der Waals surface area contributed by atoms with E-state index in [0.29, 0.717) is 15.2 Å². The second-order valence-electron chi connectivity index (χ2n) is 13.1. The summed E-state index contributed by atoms with van der Waals surface area (Å²) in [4.78, 5) is 0. The fourth-order valence-electron chi connectivity index (χ4n) is 4.98. The van der Waals surface area contributed by atoms with E-state index in [9.17, 15) is 5.11 Å². The summed E-state index contributed by atoms with van der Waals surface area (Å²) in [5, 5.41) is 11.4. The quantitative estimate of drug-likeness (QED) is 0.264. The minimum absolute atomic E-state index is 0.0155. The Kier molecular flexibility index (Phi) is 9.88. The summed E-state index contributed by atoms with van der Waals surface area (Å²) in [6.45, 7) is 21.2. The van der Waals surface area contributed by atoms with Gasteiger partial charge in [-0.2, -0.15) is 0 Å². The molecule has 0 fully saturated rings. The SMILES string of the molecule is CCCCC(C)(Pc1ccc(C)cc1CO)c1cc(C(C)(C)C)cc(C(C)(C)C)c1OCc1ccccc1. The molecular weight excluding hydrogens is 483 g/mol. The van der Waals surface area contributed by atoms with Crippen LogP contribution in [0.2, 0.25) is 0 Å². The number of aliphatic hydroxyl groups is 1. The van der Waals surface area contributed by atoms with E-state index in [1.54, 1.807) is 0 Å². The van der Waals surface area contributed by atoms with Crippen LogP contribution in [-0.4, -0.2) is 5.11 Å². The van der Waals surface area contributed by atoms with E-state index in [2.05, 4.69) is 123 Å². The Bertz CT molecular complexity index is 1200. The van der Waals surface area contributed by atoms with E-state index in [1.807, 2.05) is 0 Å². The molecule has 3 rings (SSSR count). The molecule has 0 amide bonds. The smallest absolute Gasteiger partial charge is 0.127 e. The van der Waals surface area contributed by atoms with E-state index in [0.717, 1.165) is 30.6 Å². The number of aliphatic hydroxyl groups excluding tert-OH is 1. The van der Waals surface area contributed by atoms with Gasteiger partial charge in [-0.15, -0.1) is 0 Å². The third kappa shape index (κ3) is 7.49. The second kappa shape index (κ2) is 12.4. The predicted octanol–water partition coefficient (Wildman–Crippen LogP) is 9.07. The maximum absolute atomic E-state index is 10.2. The topological polar surface area (TPSA) is 29.5 Å². The first-order chi connectivity index (χ1) is 17.8. The molecular formula is C35H49O2P. The highest BCUT2D eigenvalue weighted by molar-refractivity contribution is 7.48. The van der Waals surface area contributed by atoms with Gasteiger partial charge in [0.1, 0.15) is 12.4 Å². The fraction of sp³-hybridized carbons (Fsp3) is 0.486. The summed E-state index contributed by atoms with van der Waals surface area (Å²) in [5.74, 6) is 1.04. The molecule has 0 aliphatic rings. The second-order valence-corrected chi connectivity index (χ2v) is 14.9. The standard InChI is InChI=1S/C35H49O2P/c1-10-11-19-35(9,38-31-18-17-25(2)20-27(31)23-36)30-22-28(33(3,4)5)21-29(34(6,7)8)32(30)37-24-26-15-13-12-14-16-26/h12-18,20-22,36,38H,10-11,19,23-24H2,1-9H3. The van der Waals surface area contributed by atoms with Crippen LogP contribution < -0.4 is 10.0 Å². The summed E-state index contributed by atoms with van der Waals surface area (Å²) in [5.41, 5.74) is 7.28. The summed E-state index contributed by atoms with van der Waals surface area (Å²) >= 11 is 0. The van der Waals surface area contributed by atoms with Crippen molar-refractivity contribution in [2.24, 2.45) is 0 Å². The number of hydrogen-bond acceptors (Lipinski definition) is 2. The van der Waals surface area contributed by atoms with Crippen LogP contribution in [0.1, 0.15) is 108 Å². The van der Waals surface area contributed by atoms with Crippen LogP contribution in [0.5, 0.6) is 5.75 Å². The lowest BCUT2D eigenvalue weighted by molar-refractivity contribution is 0.283. The highest BCUT2D eigenvalue weighted by Gasteiger charge is 2.35. The summed E-state index contributed by atoms with van der Waals surface area (Å²) < 4.78 is 6.84. The van der Waals surface area contributed by atoms with Gasteiger partial charge in [-0.3, -0.25) is 0 Å². The van der Waals surface area contributed by atoms with Gasteiger partial charge < -0.3 is 9.84 Å². The maximum atomic E-state index is 10.2. The minimum Gasteiger partial charge on any atom is -0.488 e. The van der Waals surface area contributed by atoms with Gasteiger partial charge >= 0.3 is 0 Å². The fourth-order valence-corrected chi connectivity index (χ4v) is 6.68. The zero-order chi connectivity index (χ0) is 28.1. The van der Waals surface area contributed by atoms with Crippen molar-refractivity contribution in [1.82, 2.24) is 0 Å². The highest BCUT2D eigenvalue weighted by Crippen LogP contribution is 2.52. The third-order valence-electron chi connectivity index (χ3n) is 7.46. The minimum atomic E-state index is -0.123. The Hall–Kier alpha value is -2.15. The van der Waals surface area contributed by atoms with E-state index in [1.165, 1.54) is 33.1 Å². The van der Waals surface area contributed by atoms with E-state index in [4.69, 9.17) is 4.74 Å². The van der Waals surface area contributed by atoms with Crippen LogP contribution in [0.4, 0.5) is 0 Å². The highest BCUT2D eigenvalue weighted by atomic mass is 31.1. The number of ether oxygens (including phenoxy) is 1. The first-order valence-corrected chi connectivity index (χ1v) is 15.1. The monoisotopic (exact) mass is 532 g/mol. The van der Waals surface area contributed by atoms with Crippen LogP contribution >= 0.6 is 8.58 Å². The Labute approximate surface area is 234 Å². The number of hydrogen-bond donors (Lipinski definition) is 1. The zero-order valence-corrected chi connectivity index (χ0v) is 26.2. The van der Waals surface area contributed by atoms with Crippen molar-refractivity contribution in [3.05, 3.63) is 94.0 Å². The van der Waals surface area contributed by atoms with Crippen molar-refractivity contribution in [3.63, 3.8) is 0 Å². The normalized spacial score (nSPS) is 14.2. The Morgan fingerprint density at radius 1 is 0.816 bits per heavy atom. The third-order valence-corrected chi connectivity index (χ3v) is 9.28. The molecule has 0 radical (unpaired) electrons. The Morgan fingerprint density at radius 2 is 1.47 bits per heavy atom. The van der Waals surface area contributed by atoms with Crippen molar-refractivity contribution in [1.29, 1.82) is 0 Å². The molecule has 3 aromatic rings. The number of benzene rings is 3. The predicted molar refractivity (Wildman–Crippen MR) is 167 cm³/mol. The molecule has 0 bridgehead atoms. The summed E-state index contributed by atoms with van der Waals surface area (Å²) in [6.07, 6.45) is 3.36. The molecule has 0 aliphatic carbocycles. The lowest BCUT2D eigenvalue weighted by atomic mass is 9.76. The molecule has 38 heavy (non-hydrogen) atoms. The number of aryl methyl sites for hydroxylation is 1. The van der Waals surface area contributed by atoms with Crippen molar-refractivity contribution in [2.75, 3.05) is 0 Å². The van der Waals surface area contributed by atoms with E-state index >= 15 is 0 Å². The van der Waals surface area contributed by atoms with Crippen molar-refractivity contribution >= 4 is 13.9 Å². The van der Waals surface area contributed by atoms with Crippen molar-refractivity contribution in [3.8, 4) is 5.75 Å². The van der Waals surface area contributed by atoms with Crippen LogP contribution in [0.3, 0.4) is 0 Å². The lowest BCUT2D eigenvalue weighted by Crippen LogP contribution is -2.26. The maximum Gasteiger partial charge on any atom is 0.127 e. The molecule has 3 aromatic carbocycles. The first-order valence-electron chi connectivity index (χ1n) is 14.1. The average Bonchev–Trinajstić information content (AvgIpc) is 2.86. The Morgan fingerprint density at radius 3 is 2.05 bits per heavy atom. The molecule has 0 saturated heterocycles. The van der Waals surface area contributed by atoms with Gasteiger partial charge in [-0.25, -0.2) is 0 Å². The lowest BCUT2D eigenvalue weighted by Gasteiger charge is -2.37. The molecule has 0 saturated carbocycles. The molecule has 1 N–H and O–H groups in total. The van der Waals surface area contributed by atoms with Gasteiger partial charge in [0.25, 0.3) is 0 Å². The van der Waals surface area contributed by atoms with E-state index in [-0.39, 0.29) is 22.6 Å². The molecule has 2 nitrogen and oxygen atoms in total. The first kappa shape index (κ1) is 30.4. The summed E-state index contributed by atoms with van der Waals surface area (Å²) in [6, 6.07) is 21.9. The van der Waals surface area contributed by atoms with E-state index < -0.39 is 0 Å². The number of unbranched alkanes of at least 4 members (excludes halogenated alkanes) is 1. The molecule has 3 heteroatoms. The summed E-state index contributed by atoms with van der Waals surface area (Å²) in [7, 11) is 0.525. The zero-order valence-electron chi connectivity index (χ0n) is 25.2. The van der Waals surface area contributed by atoms with Gasteiger partial charge in [0.15, 0.2) is 0 Å². The van der Waals surface area contributed by atoms with Gasteiger partial charge in [0.05, 0.1) is 6.61 Å². The molecule has 0 aromatic heterocycles. The van der Waals surface area contributed by atoms with Gasteiger partial charge in [0.2, 0.25) is 0 Å². The molecule has 0 spiro atoms. The van der Waals surface area contributed by atoms with Crippen LogP contribution in [-0.2, 0) is 29.2 Å². The molecule has 206 valence electrons. The Balaban J connectivity index is 2.27. The molecule has 2 atom stereocenters. The van der Waals surface area contributed by atoms with Crippen LogP contribution in [0.15, 0.2) is 60.7 Å². The molecule has 0 heterocycles. The van der Waals surface area contributed by atoms with Gasteiger partial charge in [-0.05, 0) is 46.2 Å². The van der Waals surface area contributed by atoms with Crippen LogP contribution in [0, 0.1) is 6.92 Å². The largest absolute Gasteiger partial charge is 0.488 e. The van der Waals surface area contributed by atoms with Gasteiger partial charge in [-0.1, -0.05) is 143 Å². The molecule has 0 aliphatic heterocycles. The van der Waals surface area contributed by atoms with Crippen molar-refractivity contribution in [2.45, 2.75) is 111 Å². The average molecular weight is 533 g/mol. The van der Waals surface area contributed by atoms with Crippen molar-refractivity contribution < 1.29 is 9.84 Å². The molecule has 2 unspecified atom stereocenters. The van der Waals surface area contributed by atoms with Gasteiger partial charge in [0, 0.05) is 16.3 Å².